The first-order chi connectivity index (χ1) is 19.9. The van der Waals surface area contributed by atoms with Gasteiger partial charge >= 0.3 is 0 Å². The Balaban J connectivity index is 1.91. The van der Waals surface area contributed by atoms with Gasteiger partial charge in [0.1, 0.15) is 35.8 Å². The second-order valence-corrected chi connectivity index (χ2v) is 11.7. The molecule has 0 bridgehead atoms. The number of likely N-dealkylation sites (N-methyl/N-ethyl adjacent to an activating group) is 1. The third-order valence-corrected chi connectivity index (χ3v) is 8.39. The van der Waals surface area contributed by atoms with Gasteiger partial charge in [0.25, 0.3) is 0 Å². The molecule has 1 saturated heterocycles. The van der Waals surface area contributed by atoms with E-state index in [9.17, 15) is 30.3 Å². The molecule has 0 spiro atoms. The molecule has 0 aromatic carbocycles. The highest BCUT2D eigenvalue weighted by atomic mass is 16.7. The molecule has 3 aliphatic rings. The van der Waals surface area contributed by atoms with Crippen molar-refractivity contribution in [3.63, 3.8) is 0 Å². The van der Waals surface area contributed by atoms with Gasteiger partial charge in [-0.15, -0.1) is 0 Å². The quantitative estimate of drug-likeness (QED) is 0.0931. The van der Waals surface area contributed by atoms with Crippen molar-refractivity contribution in [2.24, 2.45) is 28.9 Å². The lowest BCUT2D eigenvalue weighted by Gasteiger charge is -2.51. The third kappa shape index (κ3) is 8.15. The van der Waals surface area contributed by atoms with Crippen molar-refractivity contribution in [1.82, 2.24) is 16.0 Å². The fourth-order valence-corrected chi connectivity index (χ4v) is 6.08. The van der Waals surface area contributed by atoms with E-state index < -0.39 is 78.4 Å². The molecule has 2 unspecified atom stereocenters. The summed E-state index contributed by atoms with van der Waals surface area (Å²) in [5.74, 6) is -0.941. The molecule has 3 rings (SSSR count). The molecule has 16 N–H and O–H groups in total. The highest BCUT2D eigenvalue weighted by Gasteiger charge is 2.53. The molecular weight excluding hydrogens is 554 g/mol. The monoisotopic (exact) mass is 605 g/mol. The number of aliphatic hydroxyl groups excluding tert-OH is 4. The van der Waals surface area contributed by atoms with Crippen LogP contribution in [0.4, 0.5) is 0 Å². The van der Waals surface area contributed by atoms with Gasteiger partial charge in [-0.1, -0.05) is 0 Å². The van der Waals surface area contributed by atoms with E-state index in [0.717, 1.165) is 0 Å². The Morgan fingerprint density at radius 3 is 2.60 bits per heavy atom. The third-order valence-electron chi connectivity index (χ3n) is 8.39. The second-order valence-electron chi connectivity index (χ2n) is 11.7. The number of ether oxygens (including phenoxy) is 3. The Labute approximate surface area is 246 Å². The van der Waals surface area contributed by atoms with Crippen LogP contribution in [0.3, 0.4) is 0 Å². The van der Waals surface area contributed by atoms with Crippen molar-refractivity contribution in [3.05, 3.63) is 11.8 Å². The number of nitrogens with one attached hydrogen (secondary N) is 3. The smallest absolute Gasteiger partial charge is 0.249 e. The molecule has 244 valence electrons. The van der Waals surface area contributed by atoms with Gasteiger partial charge in [0.05, 0.1) is 37.9 Å². The normalized spacial score (nSPS) is 40.5. The van der Waals surface area contributed by atoms with Crippen molar-refractivity contribution < 1.29 is 44.5 Å². The number of hydrogen-bond donors (Lipinski definition) is 12. The molecule has 2 heterocycles. The Morgan fingerprint density at radius 1 is 1.26 bits per heavy atom. The first-order valence-corrected chi connectivity index (χ1v) is 14.5. The number of nitrogens with two attached hydrogens (primary N) is 4. The SMILES string of the molecule is CN[C@@H]1[C@@H](O)[C@@H](O[C@H]2[C@H](NC(=O)[C@@H](O)CCN)C[C@H](N)C([C@H]3OC(CN)=CC[C@H]3NCC(N)CO)[C@@H]2O)OC[C@]1(C)O. The van der Waals surface area contributed by atoms with Crippen molar-refractivity contribution in [1.29, 1.82) is 0 Å². The van der Waals surface area contributed by atoms with Gasteiger partial charge in [-0.3, -0.25) is 4.79 Å². The predicted molar refractivity (Wildman–Crippen MR) is 151 cm³/mol. The molecule has 0 radical (unpaired) electrons. The van der Waals surface area contributed by atoms with E-state index >= 15 is 0 Å². The lowest BCUT2D eigenvalue weighted by Crippen LogP contribution is -2.70. The van der Waals surface area contributed by atoms with Gasteiger partial charge in [0.2, 0.25) is 5.91 Å². The number of carbonyl (C=O) groups excluding carboxylic acids is 1. The maximum atomic E-state index is 12.8. The van der Waals surface area contributed by atoms with Crippen LogP contribution < -0.4 is 38.9 Å². The number of aliphatic hydroxyl groups is 5. The van der Waals surface area contributed by atoms with E-state index in [1.54, 1.807) is 7.05 Å². The molecule has 13 atom stereocenters. The van der Waals surface area contributed by atoms with Gasteiger partial charge in [0.15, 0.2) is 6.29 Å². The molecule has 1 saturated carbocycles. The van der Waals surface area contributed by atoms with E-state index in [2.05, 4.69) is 16.0 Å². The van der Waals surface area contributed by atoms with Crippen LogP contribution in [0.15, 0.2) is 11.8 Å². The fourth-order valence-electron chi connectivity index (χ4n) is 6.08. The van der Waals surface area contributed by atoms with Crippen molar-refractivity contribution in [2.45, 2.75) is 98.8 Å². The minimum Gasteiger partial charge on any atom is -0.492 e. The Kier molecular flexibility index (Phi) is 12.9. The van der Waals surface area contributed by atoms with E-state index in [4.69, 9.17) is 37.1 Å². The minimum atomic E-state index is -1.40. The first-order valence-electron chi connectivity index (χ1n) is 14.5. The topological polar surface area (TPSA) is 286 Å². The highest BCUT2D eigenvalue weighted by Crippen LogP contribution is 2.37. The van der Waals surface area contributed by atoms with Crippen LogP contribution in [0, 0.1) is 5.92 Å². The molecular formula is C26H51N7O9. The molecule has 1 amide bonds. The Morgan fingerprint density at radius 2 is 1.98 bits per heavy atom. The summed E-state index contributed by atoms with van der Waals surface area (Å²) >= 11 is 0. The molecule has 16 nitrogen and oxygen atoms in total. The van der Waals surface area contributed by atoms with E-state index in [-0.39, 0.29) is 51.7 Å². The van der Waals surface area contributed by atoms with Gasteiger partial charge in [-0.05, 0) is 45.9 Å². The maximum absolute atomic E-state index is 12.8. The molecule has 0 aromatic rings. The van der Waals surface area contributed by atoms with Gasteiger partial charge < -0.3 is 78.6 Å². The summed E-state index contributed by atoms with van der Waals surface area (Å²) in [5, 5.41) is 62.0. The summed E-state index contributed by atoms with van der Waals surface area (Å²) in [5.41, 5.74) is 22.5. The summed E-state index contributed by atoms with van der Waals surface area (Å²) < 4.78 is 18.1. The van der Waals surface area contributed by atoms with Gasteiger partial charge in [0, 0.05) is 30.6 Å². The van der Waals surface area contributed by atoms with Crippen LogP contribution in [0.1, 0.15) is 26.2 Å². The van der Waals surface area contributed by atoms with E-state index in [1.807, 2.05) is 6.08 Å². The van der Waals surface area contributed by atoms with E-state index in [0.29, 0.717) is 12.2 Å². The van der Waals surface area contributed by atoms with Crippen LogP contribution in [0.2, 0.25) is 0 Å². The lowest BCUT2D eigenvalue weighted by molar-refractivity contribution is -0.297. The van der Waals surface area contributed by atoms with Crippen LogP contribution in [-0.4, -0.2) is 144 Å². The number of carbonyl (C=O) groups is 1. The minimum absolute atomic E-state index is 0.0259. The Hall–Kier alpha value is -1.51. The number of hydrogen-bond acceptors (Lipinski definition) is 15. The second kappa shape index (κ2) is 15.5. The molecule has 42 heavy (non-hydrogen) atoms. The summed E-state index contributed by atoms with van der Waals surface area (Å²) in [7, 11) is 1.58. The lowest BCUT2D eigenvalue weighted by atomic mass is 9.72. The zero-order valence-corrected chi connectivity index (χ0v) is 24.3. The largest absolute Gasteiger partial charge is 0.492 e. The molecule has 1 aliphatic carbocycles. The highest BCUT2D eigenvalue weighted by molar-refractivity contribution is 5.80. The summed E-state index contributed by atoms with van der Waals surface area (Å²) in [4.78, 5) is 12.8. The van der Waals surface area contributed by atoms with Gasteiger partial charge in [-0.25, -0.2) is 0 Å². The molecule has 2 aliphatic heterocycles. The summed E-state index contributed by atoms with van der Waals surface area (Å²) in [6.07, 6.45) is -4.75. The zero-order valence-electron chi connectivity index (χ0n) is 24.3. The molecule has 2 fully saturated rings. The number of amides is 1. The van der Waals surface area contributed by atoms with Crippen LogP contribution >= 0.6 is 0 Å². The average molecular weight is 606 g/mol. The van der Waals surface area contributed by atoms with Crippen LogP contribution in [0.25, 0.3) is 0 Å². The number of rotatable bonds is 13. The molecule has 16 heteroatoms. The Bertz CT molecular complexity index is 900. The zero-order chi connectivity index (χ0) is 31.2. The summed E-state index contributed by atoms with van der Waals surface area (Å²) in [6, 6.07) is -3.30. The van der Waals surface area contributed by atoms with Crippen LogP contribution in [0.5, 0.6) is 0 Å². The van der Waals surface area contributed by atoms with Crippen molar-refractivity contribution in [2.75, 3.05) is 39.9 Å². The predicted octanol–water partition coefficient (Wildman–Crippen LogP) is -5.76. The first kappa shape index (κ1) is 35.0. The van der Waals surface area contributed by atoms with Gasteiger partial charge in [-0.2, -0.15) is 0 Å². The maximum Gasteiger partial charge on any atom is 0.249 e. The van der Waals surface area contributed by atoms with Crippen molar-refractivity contribution >= 4 is 5.91 Å². The van der Waals surface area contributed by atoms with Crippen LogP contribution in [-0.2, 0) is 19.0 Å². The van der Waals surface area contributed by atoms with Crippen molar-refractivity contribution in [3.8, 4) is 0 Å². The molecule has 0 aromatic heterocycles. The van der Waals surface area contributed by atoms with E-state index in [1.165, 1.54) is 6.92 Å². The standard InChI is InChI=1S/C26H51N7O9/c1-26(39)11-40-25(20(37)23(26)31-2)42-22-16(33-24(38)17(35)5-6-27)7-14(30)18(19(22)36)21-15(32-9-12(29)10-34)4-3-13(8-28)41-21/h3,12,14-23,25,31-32,34-37,39H,4-11,27-30H2,1-2H3,(H,33,38)/t12?,14-,15+,16+,17-,18?,19-,20+,21-,22-,23+,25+,26-/m0/s1. The fraction of sp³-hybridized carbons (Fsp3) is 0.885. The summed E-state index contributed by atoms with van der Waals surface area (Å²) in [6.45, 7) is 1.60. The average Bonchev–Trinajstić information content (AvgIpc) is 2.95.